The molecule has 5 heteroatoms. The van der Waals surface area contributed by atoms with Gasteiger partial charge in [0.25, 0.3) is 5.91 Å². The van der Waals surface area contributed by atoms with Crippen LogP contribution in [0.4, 0.5) is 0 Å². The van der Waals surface area contributed by atoms with Crippen LogP contribution in [0.2, 0.25) is 5.02 Å². The number of nitrogens with one attached hydrogen (secondary N) is 1. The summed E-state index contributed by atoms with van der Waals surface area (Å²) in [7, 11) is 0. The van der Waals surface area contributed by atoms with E-state index in [2.05, 4.69) is 0 Å². The number of nitrogen functional groups attached to an aromatic ring is 1. The Balaban J connectivity index is 2.93. The zero-order chi connectivity index (χ0) is 11.4. The Kier molecular flexibility index (Phi) is 3.94. The van der Waals surface area contributed by atoms with Crippen LogP contribution < -0.4 is 16.0 Å². The highest BCUT2D eigenvalue weighted by Crippen LogP contribution is 2.26. The molecule has 0 aliphatic rings. The molecule has 82 valence electrons. The van der Waals surface area contributed by atoms with E-state index in [1.165, 1.54) is 6.07 Å². The fourth-order valence-electron chi connectivity index (χ4n) is 1.07. The Bertz CT molecular complexity index is 366. The van der Waals surface area contributed by atoms with Gasteiger partial charge in [0, 0.05) is 5.56 Å². The van der Waals surface area contributed by atoms with Crippen LogP contribution in [0.15, 0.2) is 18.2 Å². The minimum atomic E-state index is -0.381. The van der Waals surface area contributed by atoms with Crippen molar-refractivity contribution < 1.29 is 9.53 Å². The lowest BCUT2D eigenvalue weighted by Crippen LogP contribution is -2.29. The van der Waals surface area contributed by atoms with Crippen LogP contribution in [-0.4, -0.2) is 12.0 Å². The van der Waals surface area contributed by atoms with Crippen LogP contribution in [0.3, 0.4) is 0 Å². The molecule has 0 atom stereocenters. The van der Waals surface area contributed by atoms with Gasteiger partial charge in [0.1, 0.15) is 5.75 Å². The minimum absolute atomic E-state index is 0.0386. The molecule has 0 aliphatic carbocycles. The van der Waals surface area contributed by atoms with Crippen LogP contribution in [0, 0.1) is 0 Å². The van der Waals surface area contributed by atoms with Crippen molar-refractivity contribution in [3.8, 4) is 5.75 Å². The quantitative estimate of drug-likeness (QED) is 0.471. The summed E-state index contributed by atoms with van der Waals surface area (Å²) < 4.78 is 5.42. The fraction of sp³-hybridized carbons (Fsp3) is 0.300. The highest BCUT2D eigenvalue weighted by molar-refractivity contribution is 6.32. The number of carbonyl (C=O) groups excluding carboxylic acids is 1. The van der Waals surface area contributed by atoms with Crippen molar-refractivity contribution in [2.24, 2.45) is 5.84 Å². The topological polar surface area (TPSA) is 64.3 Å². The van der Waals surface area contributed by atoms with Gasteiger partial charge < -0.3 is 4.74 Å². The van der Waals surface area contributed by atoms with E-state index >= 15 is 0 Å². The van der Waals surface area contributed by atoms with Gasteiger partial charge in [-0.2, -0.15) is 0 Å². The molecule has 1 rings (SSSR count). The smallest absolute Gasteiger partial charge is 0.265 e. The number of hydrogen-bond acceptors (Lipinski definition) is 3. The number of hydrazine groups is 1. The predicted molar refractivity (Wildman–Crippen MR) is 58.9 cm³/mol. The Morgan fingerprint density at radius 3 is 2.67 bits per heavy atom. The molecule has 0 aromatic heterocycles. The average Bonchev–Trinajstić information content (AvgIpc) is 2.19. The summed E-state index contributed by atoms with van der Waals surface area (Å²) in [6, 6.07) is 4.76. The number of amides is 1. The maximum atomic E-state index is 11.2. The molecule has 1 aromatic carbocycles. The van der Waals surface area contributed by atoms with Crippen molar-refractivity contribution >= 4 is 17.5 Å². The molecule has 0 bridgehead atoms. The summed E-state index contributed by atoms with van der Waals surface area (Å²) in [5.74, 6) is 5.17. The van der Waals surface area contributed by atoms with Crippen molar-refractivity contribution in [2.45, 2.75) is 20.0 Å². The van der Waals surface area contributed by atoms with Gasteiger partial charge in [0.15, 0.2) is 0 Å². The minimum Gasteiger partial charge on any atom is -0.489 e. The molecule has 0 heterocycles. The van der Waals surface area contributed by atoms with E-state index in [4.69, 9.17) is 22.2 Å². The molecule has 0 fully saturated rings. The summed E-state index contributed by atoms with van der Waals surface area (Å²) >= 11 is 5.93. The van der Waals surface area contributed by atoms with Crippen LogP contribution in [0.1, 0.15) is 24.2 Å². The summed E-state index contributed by atoms with van der Waals surface area (Å²) in [6.45, 7) is 3.80. The average molecular weight is 229 g/mol. The molecule has 0 radical (unpaired) electrons. The van der Waals surface area contributed by atoms with Gasteiger partial charge in [-0.15, -0.1) is 0 Å². The summed E-state index contributed by atoms with van der Waals surface area (Å²) in [5, 5.41) is 0.393. The monoisotopic (exact) mass is 228 g/mol. The normalized spacial score (nSPS) is 10.2. The molecule has 0 spiro atoms. The standard InChI is InChI=1S/C10H13ClN2O2/c1-6(2)15-9-4-3-7(5-8(9)11)10(14)13-12/h3-6H,12H2,1-2H3,(H,13,14). The van der Waals surface area contributed by atoms with Gasteiger partial charge in [-0.1, -0.05) is 11.6 Å². The number of benzene rings is 1. The summed E-state index contributed by atoms with van der Waals surface area (Å²) in [6.07, 6.45) is 0.0386. The van der Waals surface area contributed by atoms with Crippen LogP contribution >= 0.6 is 11.6 Å². The number of hydrogen-bond donors (Lipinski definition) is 2. The second-order valence-corrected chi connectivity index (χ2v) is 3.69. The lowest BCUT2D eigenvalue weighted by atomic mass is 10.2. The fourth-order valence-corrected chi connectivity index (χ4v) is 1.30. The molecule has 0 saturated heterocycles. The number of carbonyl (C=O) groups is 1. The maximum Gasteiger partial charge on any atom is 0.265 e. The first kappa shape index (κ1) is 11.8. The lowest BCUT2D eigenvalue weighted by molar-refractivity contribution is 0.0953. The van der Waals surface area contributed by atoms with Crippen molar-refractivity contribution in [1.29, 1.82) is 0 Å². The van der Waals surface area contributed by atoms with E-state index in [9.17, 15) is 4.79 Å². The van der Waals surface area contributed by atoms with Crippen molar-refractivity contribution in [3.63, 3.8) is 0 Å². The predicted octanol–water partition coefficient (Wildman–Crippen LogP) is 1.73. The van der Waals surface area contributed by atoms with Crippen molar-refractivity contribution in [2.75, 3.05) is 0 Å². The number of ether oxygens (including phenoxy) is 1. The van der Waals surface area contributed by atoms with Gasteiger partial charge in [-0.05, 0) is 32.0 Å². The molecule has 0 unspecified atom stereocenters. The third kappa shape index (κ3) is 3.11. The molecule has 0 saturated carbocycles. The summed E-state index contributed by atoms with van der Waals surface area (Å²) in [4.78, 5) is 11.2. The van der Waals surface area contributed by atoms with E-state index in [0.717, 1.165) is 0 Å². The van der Waals surface area contributed by atoms with Crippen LogP contribution in [-0.2, 0) is 0 Å². The zero-order valence-corrected chi connectivity index (χ0v) is 9.34. The number of halogens is 1. The molecule has 4 nitrogen and oxygen atoms in total. The first-order valence-corrected chi connectivity index (χ1v) is 4.89. The first-order valence-electron chi connectivity index (χ1n) is 4.51. The molecule has 1 amide bonds. The highest BCUT2D eigenvalue weighted by Gasteiger charge is 2.08. The SMILES string of the molecule is CC(C)Oc1ccc(C(=O)NN)cc1Cl. The van der Waals surface area contributed by atoms with Gasteiger partial charge >= 0.3 is 0 Å². The first-order chi connectivity index (χ1) is 7.04. The zero-order valence-electron chi connectivity index (χ0n) is 8.58. The van der Waals surface area contributed by atoms with Crippen molar-refractivity contribution in [3.05, 3.63) is 28.8 Å². The molecule has 0 aliphatic heterocycles. The summed E-state index contributed by atoms with van der Waals surface area (Å²) in [5.41, 5.74) is 2.43. The third-order valence-electron chi connectivity index (χ3n) is 1.69. The Morgan fingerprint density at radius 2 is 2.20 bits per heavy atom. The van der Waals surface area contributed by atoms with Crippen LogP contribution in [0.5, 0.6) is 5.75 Å². The molecular formula is C10H13ClN2O2. The Hall–Kier alpha value is -1.26. The third-order valence-corrected chi connectivity index (χ3v) is 1.98. The van der Waals surface area contributed by atoms with Crippen molar-refractivity contribution in [1.82, 2.24) is 5.43 Å². The van der Waals surface area contributed by atoms with E-state index < -0.39 is 0 Å². The van der Waals surface area contributed by atoms with E-state index in [1.807, 2.05) is 19.3 Å². The maximum absolute atomic E-state index is 11.2. The van der Waals surface area contributed by atoms with Gasteiger partial charge in [-0.3, -0.25) is 10.2 Å². The number of nitrogens with two attached hydrogens (primary N) is 1. The molecule has 1 aromatic rings. The van der Waals surface area contributed by atoms with Gasteiger partial charge in [0.2, 0.25) is 0 Å². The van der Waals surface area contributed by atoms with E-state index in [0.29, 0.717) is 16.3 Å². The molecular weight excluding hydrogens is 216 g/mol. The van der Waals surface area contributed by atoms with E-state index in [1.54, 1.807) is 12.1 Å². The largest absolute Gasteiger partial charge is 0.489 e. The Morgan fingerprint density at radius 1 is 1.53 bits per heavy atom. The second kappa shape index (κ2) is 5.00. The highest BCUT2D eigenvalue weighted by atomic mass is 35.5. The lowest BCUT2D eigenvalue weighted by Gasteiger charge is -2.11. The van der Waals surface area contributed by atoms with Gasteiger partial charge in [0.05, 0.1) is 11.1 Å². The van der Waals surface area contributed by atoms with E-state index in [-0.39, 0.29) is 12.0 Å². The number of rotatable bonds is 3. The second-order valence-electron chi connectivity index (χ2n) is 3.29. The molecule has 3 N–H and O–H groups in total. The van der Waals surface area contributed by atoms with Crippen LogP contribution in [0.25, 0.3) is 0 Å². The molecule has 15 heavy (non-hydrogen) atoms. The van der Waals surface area contributed by atoms with Gasteiger partial charge in [-0.25, -0.2) is 5.84 Å². The Labute approximate surface area is 93.3 Å².